The second-order valence-corrected chi connectivity index (χ2v) is 7.53. The van der Waals surface area contributed by atoms with E-state index in [1.165, 1.54) is 19.2 Å². The summed E-state index contributed by atoms with van der Waals surface area (Å²) in [7, 11) is 1.48. The van der Waals surface area contributed by atoms with Gasteiger partial charge in [0, 0.05) is 0 Å². The van der Waals surface area contributed by atoms with Gasteiger partial charge in [-0.05, 0) is 80.6 Å². The molecule has 0 N–H and O–H groups in total. The molecule has 2 rings (SSSR count). The Bertz CT molecular complexity index is 855. The van der Waals surface area contributed by atoms with E-state index in [2.05, 4.69) is 6.58 Å². The molecule has 0 aliphatic heterocycles. The first kappa shape index (κ1) is 21.5. The highest BCUT2D eigenvalue weighted by molar-refractivity contribution is 14.1. The lowest BCUT2D eigenvalue weighted by atomic mass is 10.1. The van der Waals surface area contributed by atoms with Gasteiger partial charge in [0.15, 0.2) is 0 Å². The summed E-state index contributed by atoms with van der Waals surface area (Å²) in [6.45, 7) is 3.81. The standard InChI is InChI=1S/C19H16I2O6/c1-3-11-4-5-16(25-2)13(8-11)19(24)27-7-6-26-17-14(20)9-12(18(22)23)10-15(17)21/h3-5,8-10H,1,6-7H2,2H3,(H,22,23)/p-1. The van der Waals surface area contributed by atoms with E-state index in [1.807, 2.05) is 45.2 Å². The van der Waals surface area contributed by atoms with Crippen molar-refractivity contribution in [2.24, 2.45) is 0 Å². The van der Waals surface area contributed by atoms with E-state index < -0.39 is 11.9 Å². The van der Waals surface area contributed by atoms with Crippen LogP contribution in [0.15, 0.2) is 36.9 Å². The number of hydrogen-bond acceptors (Lipinski definition) is 6. The molecule has 0 saturated carbocycles. The third kappa shape index (κ3) is 5.58. The van der Waals surface area contributed by atoms with Gasteiger partial charge in [0.1, 0.15) is 30.3 Å². The van der Waals surface area contributed by atoms with E-state index in [1.54, 1.807) is 24.3 Å². The van der Waals surface area contributed by atoms with Crippen molar-refractivity contribution in [2.45, 2.75) is 0 Å². The number of benzene rings is 2. The smallest absolute Gasteiger partial charge is 0.342 e. The second-order valence-electron chi connectivity index (χ2n) is 5.20. The first-order valence-corrected chi connectivity index (χ1v) is 9.84. The zero-order valence-electron chi connectivity index (χ0n) is 14.3. The van der Waals surface area contributed by atoms with Crippen molar-refractivity contribution in [3.63, 3.8) is 0 Å². The zero-order valence-corrected chi connectivity index (χ0v) is 18.6. The van der Waals surface area contributed by atoms with Gasteiger partial charge in [0.25, 0.3) is 0 Å². The van der Waals surface area contributed by atoms with Crippen LogP contribution in [0.25, 0.3) is 6.08 Å². The van der Waals surface area contributed by atoms with Crippen LogP contribution in [0.5, 0.6) is 11.5 Å². The molecule has 2 aromatic rings. The number of methoxy groups -OCH3 is 1. The maximum absolute atomic E-state index is 12.3. The highest BCUT2D eigenvalue weighted by atomic mass is 127. The number of carbonyl (C=O) groups is 2. The van der Waals surface area contributed by atoms with Gasteiger partial charge in [-0.15, -0.1) is 0 Å². The van der Waals surface area contributed by atoms with Crippen molar-refractivity contribution in [2.75, 3.05) is 20.3 Å². The molecule has 0 radical (unpaired) electrons. The maximum Gasteiger partial charge on any atom is 0.342 e. The van der Waals surface area contributed by atoms with E-state index in [0.29, 0.717) is 24.2 Å². The third-order valence-corrected chi connectivity index (χ3v) is 5.08. The number of hydrogen-bond donors (Lipinski definition) is 0. The summed E-state index contributed by atoms with van der Waals surface area (Å²) in [6.07, 6.45) is 1.62. The van der Waals surface area contributed by atoms with Gasteiger partial charge in [0.2, 0.25) is 0 Å². The molecule has 0 bridgehead atoms. The van der Waals surface area contributed by atoms with Gasteiger partial charge >= 0.3 is 5.97 Å². The van der Waals surface area contributed by atoms with E-state index in [9.17, 15) is 14.7 Å². The molecule has 0 saturated heterocycles. The highest BCUT2D eigenvalue weighted by Gasteiger charge is 2.15. The van der Waals surface area contributed by atoms with Gasteiger partial charge in [0.05, 0.1) is 20.2 Å². The van der Waals surface area contributed by atoms with Gasteiger partial charge in [-0.25, -0.2) is 4.79 Å². The number of ether oxygens (including phenoxy) is 3. The molecule has 0 fully saturated rings. The Morgan fingerprint density at radius 1 is 1.15 bits per heavy atom. The van der Waals surface area contributed by atoms with Crippen molar-refractivity contribution in [1.82, 2.24) is 0 Å². The minimum atomic E-state index is -1.25. The molecule has 8 heteroatoms. The van der Waals surface area contributed by atoms with Crippen molar-refractivity contribution < 1.29 is 28.9 Å². The van der Waals surface area contributed by atoms with Crippen LogP contribution < -0.4 is 14.6 Å². The molecule has 0 unspecified atom stereocenters. The fourth-order valence-electron chi connectivity index (χ4n) is 2.18. The summed E-state index contributed by atoms with van der Waals surface area (Å²) < 4.78 is 17.3. The molecule has 0 aromatic heterocycles. The van der Waals surface area contributed by atoms with Crippen LogP contribution in [0.3, 0.4) is 0 Å². The van der Waals surface area contributed by atoms with Crippen molar-refractivity contribution in [3.8, 4) is 11.5 Å². The lowest BCUT2D eigenvalue weighted by molar-refractivity contribution is -0.255. The van der Waals surface area contributed by atoms with Gasteiger partial charge in [-0.1, -0.05) is 18.7 Å². The number of halogens is 2. The molecule has 0 spiro atoms. The van der Waals surface area contributed by atoms with E-state index >= 15 is 0 Å². The number of carbonyl (C=O) groups excluding carboxylic acids is 2. The number of carboxylic acids is 1. The third-order valence-electron chi connectivity index (χ3n) is 3.48. The minimum absolute atomic E-state index is 0.0225. The molecule has 2 aromatic carbocycles. The van der Waals surface area contributed by atoms with Gasteiger partial charge in [-0.2, -0.15) is 0 Å². The number of esters is 1. The van der Waals surface area contributed by atoms with Crippen LogP contribution in [0.2, 0.25) is 0 Å². The van der Waals surface area contributed by atoms with Crippen LogP contribution >= 0.6 is 45.2 Å². The molecule has 0 aliphatic carbocycles. The topological polar surface area (TPSA) is 84.9 Å². The van der Waals surface area contributed by atoms with Crippen molar-refractivity contribution in [3.05, 3.63) is 60.7 Å². The first-order chi connectivity index (χ1) is 12.9. The lowest BCUT2D eigenvalue weighted by Crippen LogP contribution is -2.22. The Kier molecular flexibility index (Phi) is 7.90. The maximum atomic E-state index is 12.3. The monoisotopic (exact) mass is 593 g/mol. The fourth-order valence-corrected chi connectivity index (χ4v) is 4.26. The summed E-state index contributed by atoms with van der Waals surface area (Å²) >= 11 is 3.96. The average molecular weight is 593 g/mol. The van der Waals surface area contributed by atoms with E-state index in [4.69, 9.17) is 14.2 Å². The van der Waals surface area contributed by atoms with Crippen LogP contribution in [0.1, 0.15) is 26.3 Å². The summed E-state index contributed by atoms with van der Waals surface area (Å²) in [4.78, 5) is 23.2. The Morgan fingerprint density at radius 2 is 1.81 bits per heavy atom. The molecular formula is C19H15I2O6-. The largest absolute Gasteiger partial charge is 0.545 e. The SMILES string of the molecule is C=Cc1ccc(OC)c(C(=O)OCCOc2c(I)cc(C(=O)[O-])cc2I)c1. The second kappa shape index (κ2) is 9.93. The molecule has 0 aliphatic rings. The van der Waals surface area contributed by atoms with Crippen molar-refractivity contribution in [1.29, 1.82) is 0 Å². The molecule has 6 nitrogen and oxygen atoms in total. The minimum Gasteiger partial charge on any atom is -0.545 e. The Balaban J connectivity index is 1.99. The Morgan fingerprint density at radius 3 is 2.37 bits per heavy atom. The number of carboxylic acid groups (broad SMARTS) is 1. The molecule has 0 atom stereocenters. The van der Waals surface area contributed by atoms with Crippen LogP contribution in [-0.4, -0.2) is 32.3 Å². The summed E-state index contributed by atoms with van der Waals surface area (Å²) in [5, 5.41) is 11.0. The molecule has 0 heterocycles. The zero-order chi connectivity index (χ0) is 20.0. The normalized spacial score (nSPS) is 10.2. The summed E-state index contributed by atoms with van der Waals surface area (Å²) in [6, 6.07) is 8.02. The van der Waals surface area contributed by atoms with Crippen LogP contribution in [0.4, 0.5) is 0 Å². The number of rotatable bonds is 8. The predicted molar refractivity (Wildman–Crippen MR) is 115 cm³/mol. The quantitative estimate of drug-likeness (QED) is 0.266. The highest BCUT2D eigenvalue weighted by Crippen LogP contribution is 2.29. The van der Waals surface area contributed by atoms with E-state index in [0.717, 1.165) is 5.56 Å². The Hall–Kier alpha value is -1.82. The molecular weight excluding hydrogens is 578 g/mol. The van der Waals surface area contributed by atoms with E-state index in [-0.39, 0.29) is 18.8 Å². The Labute approximate surface area is 183 Å². The van der Waals surface area contributed by atoms with Crippen LogP contribution in [-0.2, 0) is 4.74 Å². The van der Waals surface area contributed by atoms with Crippen molar-refractivity contribution >= 4 is 63.2 Å². The van der Waals surface area contributed by atoms with Gasteiger partial charge in [-0.3, -0.25) is 0 Å². The van der Waals surface area contributed by atoms with Crippen LogP contribution in [0, 0.1) is 7.14 Å². The predicted octanol–water partition coefficient (Wildman–Crippen LogP) is 3.15. The number of aromatic carboxylic acids is 1. The lowest BCUT2D eigenvalue weighted by Gasteiger charge is -2.13. The summed E-state index contributed by atoms with van der Waals surface area (Å²) in [5.41, 5.74) is 1.16. The molecule has 0 amide bonds. The molecule has 27 heavy (non-hydrogen) atoms. The molecule has 142 valence electrons. The van der Waals surface area contributed by atoms with Gasteiger partial charge < -0.3 is 24.1 Å². The average Bonchev–Trinajstić information content (AvgIpc) is 2.65. The summed E-state index contributed by atoms with van der Waals surface area (Å²) in [5.74, 6) is -0.838. The fraction of sp³-hybridized carbons (Fsp3) is 0.158. The first-order valence-electron chi connectivity index (χ1n) is 7.68.